The molecule has 2 rings (SSSR count). The fourth-order valence-corrected chi connectivity index (χ4v) is 2.64. The predicted molar refractivity (Wildman–Crippen MR) is 94.0 cm³/mol. The first kappa shape index (κ1) is 19.3. The standard InChI is InChI=1S/C18H29N3O4/c1-18(2,3)16(22)20-8-10-21(11-9-20)17(23)19-7-5-12-24-14-15-6-4-13-25-15/h4,6,13H,5,7-12,14H2,1-3H3,(H,19,23). The van der Waals surface area contributed by atoms with E-state index in [0.29, 0.717) is 45.9 Å². The zero-order valence-electron chi connectivity index (χ0n) is 15.4. The Hall–Kier alpha value is -2.02. The molecule has 1 aromatic heterocycles. The van der Waals surface area contributed by atoms with Gasteiger partial charge in [-0.3, -0.25) is 4.79 Å². The molecule has 3 amide bonds. The molecule has 0 aliphatic carbocycles. The summed E-state index contributed by atoms with van der Waals surface area (Å²) >= 11 is 0. The van der Waals surface area contributed by atoms with Gasteiger partial charge in [0.05, 0.1) is 6.26 Å². The number of ether oxygens (including phenoxy) is 1. The molecule has 0 unspecified atom stereocenters. The van der Waals surface area contributed by atoms with Crippen LogP contribution in [0.1, 0.15) is 33.0 Å². The molecule has 0 bridgehead atoms. The van der Waals surface area contributed by atoms with Crippen molar-refractivity contribution in [2.45, 2.75) is 33.8 Å². The number of amides is 3. The lowest BCUT2D eigenvalue weighted by Gasteiger charge is -2.37. The van der Waals surface area contributed by atoms with Crippen molar-refractivity contribution in [2.75, 3.05) is 39.3 Å². The lowest BCUT2D eigenvalue weighted by molar-refractivity contribution is -0.140. The number of nitrogens with zero attached hydrogens (tertiary/aromatic N) is 2. The summed E-state index contributed by atoms with van der Waals surface area (Å²) < 4.78 is 10.6. The van der Waals surface area contributed by atoms with E-state index in [4.69, 9.17) is 9.15 Å². The number of carbonyl (C=O) groups is 2. The van der Waals surface area contributed by atoms with Crippen molar-refractivity contribution in [3.8, 4) is 0 Å². The van der Waals surface area contributed by atoms with Crippen LogP contribution in [0.25, 0.3) is 0 Å². The van der Waals surface area contributed by atoms with E-state index >= 15 is 0 Å². The van der Waals surface area contributed by atoms with Gasteiger partial charge in [0.15, 0.2) is 0 Å². The Morgan fingerprint density at radius 1 is 1.20 bits per heavy atom. The van der Waals surface area contributed by atoms with Gasteiger partial charge in [0.25, 0.3) is 0 Å². The van der Waals surface area contributed by atoms with Crippen LogP contribution < -0.4 is 5.32 Å². The Balaban J connectivity index is 1.57. The Labute approximate surface area is 149 Å². The van der Waals surface area contributed by atoms with E-state index in [1.165, 1.54) is 0 Å². The first-order valence-corrected chi connectivity index (χ1v) is 8.80. The van der Waals surface area contributed by atoms with Gasteiger partial charge in [-0.05, 0) is 18.6 Å². The van der Waals surface area contributed by atoms with Gasteiger partial charge in [-0.1, -0.05) is 20.8 Å². The third kappa shape index (κ3) is 6.08. The highest BCUT2D eigenvalue weighted by molar-refractivity contribution is 5.82. The highest BCUT2D eigenvalue weighted by Crippen LogP contribution is 2.18. The van der Waals surface area contributed by atoms with Crippen molar-refractivity contribution < 1.29 is 18.7 Å². The molecular weight excluding hydrogens is 322 g/mol. The van der Waals surface area contributed by atoms with E-state index in [1.807, 2.05) is 37.8 Å². The molecule has 1 N–H and O–H groups in total. The first-order valence-electron chi connectivity index (χ1n) is 8.80. The number of urea groups is 1. The molecule has 0 radical (unpaired) electrons. The molecule has 2 heterocycles. The van der Waals surface area contributed by atoms with Crippen LogP contribution in [0, 0.1) is 5.41 Å². The average Bonchev–Trinajstić information content (AvgIpc) is 3.10. The molecule has 1 aliphatic heterocycles. The third-order valence-corrected chi connectivity index (χ3v) is 4.06. The normalized spacial score (nSPS) is 15.3. The smallest absolute Gasteiger partial charge is 0.317 e. The molecule has 140 valence electrons. The van der Waals surface area contributed by atoms with Gasteiger partial charge in [0, 0.05) is 44.7 Å². The monoisotopic (exact) mass is 351 g/mol. The molecule has 1 fully saturated rings. The molecule has 25 heavy (non-hydrogen) atoms. The minimum Gasteiger partial charge on any atom is -0.467 e. The number of nitrogens with one attached hydrogen (secondary N) is 1. The van der Waals surface area contributed by atoms with E-state index < -0.39 is 0 Å². The highest BCUT2D eigenvalue weighted by Gasteiger charge is 2.30. The SMILES string of the molecule is CC(C)(C)C(=O)N1CCN(C(=O)NCCCOCc2ccco2)CC1. The van der Waals surface area contributed by atoms with Crippen LogP contribution in [0.3, 0.4) is 0 Å². The summed E-state index contributed by atoms with van der Waals surface area (Å²) in [5, 5.41) is 2.90. The zero-order valence-corrected chi connectivity index (χ0v) is 15.4. The second kappa shape index (κ2) is 8.89. The lowest BCUT2D eigenvalue weighted by atomic mass is 9.94. The van der Waals surface area contributed by atoms with Crippen molar-refractivity contribution in [3.63, 3.8) is 0 Å². The topological polar surface area (TPSA) is 75.0 Å². The van der Waals surface area contributed by atoms with Crippen LogP contribution in [0.5, 0.6) is 0 Å². The fourth-order valence-electron chi connectivity index (χ4n) is 2.64. The lowest BCUT2D eigenvalue weighted by Crippen LogP contribution is -2.55. The number of carbonyl (C=O) groups excluding carboxylic acids is 2. The second-order valence-corrected chi connectivity index (χ2v) is 7.25. The number of hydrogen-bond acceptors (Lipinski definition) is 4. The molecule has 7 nitrogen and oxygen atoms in total. The van der Waals surface area contributed by atoms with Crippen LogP contribution in [-0.4, -0.2) is 61.1 Å². The van der Waals surface area contributed by atoms with Gasteiger partial charge in [0.1, 0.15) is 12.4 Å². The van der Waals surface area contributed by atoms with Crippen molar-refractivity contribution >= 4 is 11.9 Å². The third-order valence-electron chi connectivity index (χ3n) is 4.06. The summed E-state index contributed by atoms with van der Waals surface area (Å²) in [7, 11) is 0. The van der Waals surface area contributed by atoms with Crippen molar-refractivity contribution in [3.05, 3.63) is 24.2 Å². The molecule has 0 spiro atoms. The van der Waals surface area contributed by atoms with E-state index in [0.717, 1.165) is 12.2 Å². The average molecular weight is 351 g/mol. The summed E-state index contributed by atoms with van der Waals surface area (Å²) in [5.41, 5.74) is -0.375. The van der Waals surface area contributed by atoms with Crippen LogP contribution in [0.2, 0.25) is 0 Å². The Bertz CT molecular complexity index is 543. The van der Waals surface area contributed by atoms with Crippen LogP contribution >= 0.6 is 0 Å². The highest BCUT2D eigenvalue weighted by atomic mass is 16.5. The van der Waals surface area contributed by atoms with E-state index in [-0.39, 0.29) is 17.4 Å². The molecule has 0 atom stereocenters. The summed E-state index contributed by atoms with van der Waals surface area (Å²) in [6.07, 6.45) is 2.36. The zero-order chi connectivity index (χ0) is 18.3. The van der Waals surface area contributed by atoms with E-state index in [2.05, 4.69) is 5.32 Å². The molecule has 1 aromatic rings. The molecular formula is C18H29N3O4. The molecule has 7 heteroatoms. The minimum atomic E-state index is -0.375. The number of hydrogen-bond donors (Lipinski definition) is 1. The minimum absolute atomic E-state index is 0.0751. The van der Waals surface area contributed by atoms with Crippen LogP contribution in [0.4, 0.5) is 4.79 Å². The Morgan fingerprint density at radius 2 is 1.88 bits per heavy atom. The maximum absolute atomic E-state index is 12.2. The molecule has 1 aliphatic rings. The summed E-state index contributed by atoms with van der Waals surface area (Å²) in [4.78, 5) is 28.0. The molecule has 0 aromatic carbocycles. The van der Waals surface area contributed by atoms with Gasteiger partial charge in [-0.2, -0.15) is 0 Å². The van der Waals surface area contributed by atoms with Crippen molar-refractivity contribution in [2.24, 2.45) is 5.41 Å². The number of furan rings is 1. The summed E-state index contributed by atoms with van der Waals surface area (Å²) in [5.74, 6) is 0.938. The molecule has 0 saturated carbocycles. The Kier molecular flexibility index (Phi) is 6.87. The van der Waals surface area contributed by atoms with Gasteiger partial charge in [0.2, 0.25) is 5.91 Å². The maximum atomic E-state index is 12.2. The molecule has 1 saturated heterocycles. The van der Waals surface area contributed by atoms with Gasteiger partial charge >= 0.3 is 6.03 Å². The van der Waals surface area contributed by atoms with Crippen molar-refractivity contribution in [1.82, 2.24) is 15.1 Å². The number of piperazine rings is 1. The Morgan fingerprint density at radius 3 is 2.48 bits per heavy atom. The quantitative estimate of drug-likeness (QED) is 0.796. The van der Waals surface area contributed by atoms with E-state index in [9.17, 15) is 9.59 Å². The van der Waals surface area contributed by atoms with Crippen LogP contribution in [0.15, 0.2) is 22.8 Å². The van der Waals surface area contributed by atoms with Gasteiger partial charge in [-0.25, -0.2) is 4.79 Å². The van der Waals surface area contributed by atoms with Crippen LogP contribution in [-0.2, 0) is 16.1 Å². The fraction of sp³-hybridized carbons (Fsp3) is 0.667. The largest absolute Gasteiger partial charge is 0.467 e. The van der Waals surface area contributed by atoms with Crippen molar-refractivity contribution in [1.29, 1.82) is 0 Å². The summed E-state index contributed by atoms with van der Waals surface area (Å²) in [6.45, 7) is 9.67. The summed E-state index contributed by atoms with van der Waals surface area (Å²) in [6, 6.07) is 3.62. The maximum Gasteiger partial charge on any atom is 0.317 e. The first-order chi connectivity index (χ1) is 11.9. The number of rotatable bonds is 6. The predicted octanol–water partition coefficient (Wildman–Crippen LogP) is 2.09. The second-order valence-electron chi connectivity index (χ2n) is 7.25. The van der Waals surface area contributed by atoms with E-state index in [1.54, 1.807) is 11.2 Å². The van der Waals surface area contributed by atoms with Gasteiger partial charge < -0.3 is 24.3 Å². The van der Waals surface area contributed by atoms with Gasteiger partial charge in [-0.15, -0.1) is 0 Å².